The van der Waals surface area contributed by atoms with Crippen molar-refractivity contribution < 1.29 is 0 Å². The third-order valence-electron chi connectivity index (χ3n) is 6.62. The zero-order valence-corrected chi connectivity index (χ0v) is 17.8. The summed E-state index contributed by atoms with van der Waals surface area (Å²) in [6, 6.07) is 19.0. The molecule has 0 heterocycles. The third-order valence-corrected chi connectivity index (χ3v) is 6.62. The molecule has 0 aliphatic heterocycles. The SMILES string of the molecule is Cc1ccc2c3cc(C(C)C)cc4c(C)ccc(c5cc(C(C)C)cc1c25)c43. The molecule has 5 aromatic carbocycles. The number of benzene rings is 5. The first-order valence-corrected chi connectivity index (χ1v) is 10.5. The maximum absolute atomic E-state index is 2.44. The molecular weight excluding hydrogens is 336 g/mol. The second-order valence-electron chi connectivity index (χ2n) is 9.15. The standard InChI is InChI=1S/C28H28/c1-15(2)19-11-23-17(5)7-10-22-26-14-20(16(3)4)12-24-18(6)8-9-21(28(24)26)25(13-19)27(22)23/h7-16H,1-6H3. The van der Waals surface area contributed by atoms with Crippen LogP contribution in [0.15, 0.2) is 48.5 Å². The van der Waals surface area contributed by atoms with E-state index in [1.54, 1.807) is 0 Å². The van der Waals surface area contributed by atoms with Crippen molar-refractivity contribution in [1.29, 1.82) is 0 Å². The Kier molecular flexibility index (Phi) is 3.72. The van der Waals surface area contributed by atoms with Crippen LogP contribution in [0.5, 0.6) is 0 Å². The summed E-state index contributed by atoms with van der Waals surface area (Å²) in [5, 5.41) is 11.3. The highest BCUT2D eigenvalue weighted by Gasteiger charge is 2.17. The van der Waals surface area contributed by atoms with Gasteiger partial charge in [-0.05, 0) is 91.0 Å². The summed E-state index contributed by atoms with van der Waals surface area (Å²) in [5.41, 5.74) is 5.60. The zero-order chi connectivity index (χ0) is 19.7. The lowest BCUT2D eigenvalue weighted by Gasteiger charge is -2.20. The molecule has 0 aliphatic carbocycles. The van der Waals surface area contributed by atoms with Crippen LogP contribution in [0.4, 0.5) is 0 Å². The number of hydrogen-bond acceptors (Lipinski definition) is 0. The smallest absolute Gasteiger partial charge is 0.00235 e. The van der Waals surface area contributed by atoms with Gasteiger partial charge < -0.3 is 0 Å². The Morgan fingerprint density at radius 2 is 0.821 bits per heavy atom. The van der Waals surface area contributed by atoms with E-state index < -0.39 is 0 Å². The number of fused-ring (bicyclic) bond motifs is 2. The van der Waals surface area contributed by atoms with Crippen molar-refractivity contribution in [2.24, 2.45) is 0 Å². The minimum atomic E-state index is 0.523. The molecule has 28 heavy (non-hydrogen) atoms. The largest absolute Gasteiger partial charge is 0.0587 e. The predicted octanol–water partition coefficient (Wildman–Crippen LogP) is 8.60. The molecule has 0 aromatic heterocycles. The van der Waals surface area contributed by atoms with Crippen LogP contribution in [0.1, 0.15) is 61.8 Å². The minimum Gasteiger partial charge on any atom is -0.0587 e. The van der Waals surface area contributed by atoms with Crippen LogP contribution in [0.2, 0.25) is 0 Å². The fourth-order valence-electron chi connectivity index (χ4n) is 4.83. The molecular formula is C28H28. The van der Waals surface area contributed by atoms with Crippen LogP contribution in [0.25, 0.3) is 43.1 Å². The van der Waals surface area contributed by atoms with Gasteiger partial charge in [-0.25, -0.2) is 0 Å². The van der Waals surface area contributed by atoms with Gasteiger partial charge in [-0.15, -0.1) is 0 Å². The van der Waals surface area contributed by atoms with Gasteiger partial charge in [0.1, 0.15) is 0 Å². The van der Waals surface area contributed by atoms with Gasteiger partial charge in [0.15, 0.2) is 0 Å². The summed E-state index contributed by atoms with van der Waals surface area (Å²) >= 11 is 0. The summed E-state index contributed by atoms with van der Waals surface area (Å²) in [5.74, 6) is 1.05. The van der Waals surface area contributed by atoms with E-state index in [4.69, 9.17) is 0 Å². The van der Waals surface area contributed by atoms with E-state index in [9.17, 15) is 0 Å². The topological polar surface area (TPSA) is 0 Å². The average Bonchev–Trinajstić information content (AvgIpc) is 2.67. The van der Waals surface area contributed by atoms with Crippen molar-refractivity contribution in [3.63, 3.8) is 0 Å². The van der Waals surface area contributed by atoms with Crippen LogP contribution in [-0.2, 0) is 0 Å². The lowest BCUT2D eigenvalue weighted by Crippen LogP contribution is -1.95. The molecule has 0 spiro atoms. The number of rotatable bonds is 2. The summed E-state index contributed by atoms with van der Waals surface area (Å²) in [6.45, 7) is 13.7. The van der Waals surface area contributed by atoms with E-state index in [-0.39, 0.29) is 0 Å². The fourth-order valence-corrected chi connectivity index (χ4v) is 4.83. The average molecular weight is 365 g/mol. The molecule has 5 rings (SSSR count). The molecule has 0 saturated carbocycles. The second kappa shape index (κ2) is 5.95. The first-order chi connectivity index (χ1) is 13.4. The molecule has 0 N–H and O–H groups in total. The normalized spacial score (nSPS) is 12.6. The highest BCUT2D eigenvalue weighted by atomic mass is 14.2. The Morgan fingerprint density at radius 3 is 1.18 bits per heavy atom. The van der Waals surface area contributed by atoms with E-state index in [0.29, 0.717) is 11.8 Å². The molecule has 0 aliphatic rings. The maximum atomic E-state index is 2.44. The molecule has 0 bridgehead atoms. The third kappa shape index (κ3) is 2.30. The molecule has 140 valence electrons. The number of hydrogen-bond donors (Lipinski definition) is 0. The van der Waals surface area contributed by atoms with E-state index in [0.717, 1.165) is 0 Å². The summed E-state index contributed by atoms with van der Waals surface area (Å²) < 4.78 is 0. The fraction of sp³-hybridized carbons (Fsp3) is 0.286. The van der Waals surface area contributed by atoms with Gasteiger partial charge in [-0.2, -0.15) is 0 Å². The quantitative estimate of drug-likeness (QED) is 0.217. The molecule has 5 aromatic rings. The van der Waals surface area contributed by atoms with Gasteiger partial charge in [0.05, 0.1) is 0 Å². The molecule has 0 heteroatoms. The van der Waals surface area contributed by atoms with Crippen LogP contribution >= 0.6 is 0 Å². The Bertz CT molecular complexity index is 1260. The monoisotopic (exact) mass is 364 g/mol. The maximum Gasteiger partial charge on any atom is -0.00235 e. The zero-order valence-electron chi connectivity index (χ0n) is 17.8. The van der Waals surface area contributed by atoms with Gasteiger partial charge in [-0.3, -0.25) is 0 Å². The second-order valence-corrected chi connectivity index (χ2v) is 9.15. The number of aryl methyl sites for hydroxylation is 2. The van der Waals surface area contributed by atoms with Crippen molar-refractivity contribution in [1.82, 2.24) is 0 Å². The molecule has 0 atom stereocenters. The molecule has 0 amide bonds. The van der Waals surface area contributed by atoms with Crippen LogP contribution < -0.4 is 0 Å². The van der Waals surface area contributed by atoms with Crippen molar-refractivity contribution >= 4 is 43.1 Å². The van der Waals surface area contributed by atoms with E-state index >= 15 is 0 Å². The van der Waals surface area contributed by atoms with Gasteiger partial charge in [0.25, 0.3) is 0 Å². The molecule has 0 unspecified atom stereocenters. The van der Waals surface area contributed by atoms with Gasteiger partial charge in [0, 0.05) is 0 Å². The van der Waals surface area contributed by atoms with Gasteiger partial charge in [0.2, 0.25) is 0 Å². The van der Waals surface area contributed by atoms with E-state index in [2.05, 4.69) is 90.1 Å². The Balaban J connectivity index is 2.15. The van der Waals surface area contributed by atoms with Crippen LogP contribution in [0.3, 0.4) is 0 Å². The summed E-state index contributed by atoms with van der Waals surface area (Å²) in [7, 11) is 0. The van der Waals surface area contributed by atoms with Crippen LogP contribution in [0, 0.1) is 13.8 Å². The Morgan fingerprint density at radius 1 is 0.464 bits per heavy atom. The summed E-state index contributed by atoms with van der Waals surface area (Å²) in [6.07, 6.45) is 0. The Hall–Kier alpha value is -2.60. The minimum absolute atomic E-state index is 0.523. The van der Waals surface area contributed by atoms with Gasteiger partial charge >= 0.3 is 0 Å². The van der Waals surface area contributed by atoms with Crippen molar-refractivity contribution in [2.75, 3.05) is 0 Å². The molecule has 0 fully saturated rings. The lowest BCUT2D eigenvalue weighted by molar-refractivity contribution is 0.869. The summed E-state index contributed by atoms with van der Waals surface area (Å²) in [4.78, 5) is 0. The van der Waals surface area contributed by atoms with Gasteiger partial charge in [-0.1, -0.05) is 76.2 Å². The molecule has 0 saturated heterocycles. The first-order valence-electron chi connectivity index (χ1n) is 10.5. The highest BCUT2D eigenvalue weighted by molar-refractivity contribution is 6.33. The van der Waals surface area contributed by atoms with Crippen molar-refractivity contribution in [3.8, 4) is 0 Å². The van der Waals surface area contributed by atoms with Crippen LogP contribution in [-0.4, -0.2) is 0 Å². The van der Waals surface area contributed by atoms with E-state index in [1.807, 2.05) is 0 Å². The molecule has 0 radical (unpaired) electrons. The highest BCUT2D eigenvalue weighted by Crippen LogP contribution is 2.44. The van der Waals surface area contributed by atoms with E-state index in [1.165, 1.54) is 65.3 Å². The Labute approximate surface area is 167 Å². The van der Waals surface area contributed by atoms with Crippen molar-refractivity contribution in [3.05, 3.63) is 70.8 Å². The first kappa shape index (κ1) is 17.5. The molecule has 0 nitrogen and oxygen atoms in total. The predicted molar refractivity (Wildman–Crippen MR) is 125 cm³/mol. The van der Waals surface area contributed by atoms with Crippen molar-refractivity contribution in [2.45, 2.75) is 53.4 Å². The lowest BCUT2D eigenvalue weighted by atomic mass is 9.84.